The van der Waals surface area contributed by atoms with Gasteiger partial charge in [0, 0.05) is 8.95 Å². The molecule has 0 saturated heterocycles. The third-order valence-corrected chi connectivity index (χ3v) is 4.66. The predicted molar refractivity (Wildman–Crippen MR) is 103 cm³/mol. The largest absolute Gasteiger partial charge is 0.490 e. The molecule has 4 nitrogen and oxygen atoms in total. The molecule has 0 heterocycles. The van der Waals surface area contributed by atoms with E-state index in [0.29, 0.717) is 34.9 Å². The molecule has 7 heteroatoms. The molecule has 0 aliphatic rings. The maximum absolute atomic E-state index is 13.1. The zero-order chi connectivity index (χ0) is 18.4. The summed E-state index contributed by atoms with van der Waals surface area (Å²) in [5, 5.41) is 2.76. The molecule has 0 aromatic heterocycles. The van der Waals surface area contributed by atoms with Gasteiger partial charge in [0.25, 0.3) is 0 Å². The second kappa shape index (κ2) is 9.20. The molecule has 2 aromatic rings. The van der Waals surface area contributed by atoms with Gasteiger partial charge in [0.1, 0.15) is 5.82 Å². The van der Waals surface area contributed by atoms with Crippen LogP contribution >= 0.6 is 31.9 Å². The number of nitrogens with one attached hydrogen (secondary N) is 1. The number of halogens is 3. The number of rotatable bonds is 7. The SMILES string of the molecule is CCOc1cc(Br)c(CC(=O)Nc2ccc(F)cc2Br)cc1OCC. The number of hydrogen-bond acceptors (Lipinski definition) is 3. The lowest BCUT2D eigenvalue weighted by Crippen LogP contribution is -2.15. The fourth-order valence-electron chi connectivity index (χ4n) is 2.21. The molecule has 0 fully saturated rings. The summed E-state index contributed by atoms with van der Waals surface area (Å²) in [5.41, 5.74) is 1.28. The van der Waals surface area contributed by atoms with Crippen molar-refractivity contribution in [3.63, 3.8) is 0 Å². The summed E-state index contributed by atoms with van der Waals surface area (Å²) in [6, 6.07) is 7.69. The number of amides is 1. The molecule has 0 aliphatic carbocycles. The van der Waals surface area contributed by atoms with Crippen LogP contribution in [0.1, 0.15) is 19.4 Å². The lowest BCUT2D eigenvalue weighted by atomic mass is 10.1. The van der Waals surface area contributed by atoms with Gasteiger partial charge in [-0.3, -0.25) is 4.79 Å². The van der Waals surface area contributed by atoms with E-state index in [2.05, 4.69) is 37.2 Å². The van der Waals surface area contributed by atoms with E-state index < -0.39 is 0 Å². The van der Waals surface area contributed by atoms with Crippen LogP contribution in [0.4, 0.5) is 10.1 Å². The van der Waals surface area contributed by atoms with Gasteiger partial charge in [0.2, 0.25) is 5.91 Å². The number of carbonyl (C=O) groups excluding carboxylic acids is 1. The van der Waals surface area contributed by atoms with E-state index in [1.165, 1.54) is 18.2 Å². The Balaban J connectivity index is 2.17. The average Bonchev–Trinajstić information content (AvgIpc) is 2.55. The highest BCUT2D eigenvalue weighted by molar-refractivity contribution is 9.10. The van der Waals surface area contributed by atoms with E-state index in [0.717, 1.165) is 10.0 Å². The molecule has 1 N–H and O–H groups in total. The van der Waals surface area contributed by atoms with Crippen molar-refractivity contribution >= 4 is 43.5 Å². The highest BCUT2D eigenvalue weighted by Gasteiger charge is 2.14. The topological polar surface area (TPSA) is 47.6 Å². The normalized spacial score (nSPS) is 10.4. The van der Waals surface area contributed by atoms with Gasteiger partial charge in [0.05, 0.1) is 25.3 Å². The maximum atomic E-state index is 13.1. The number of ether oxygens (including phenoxy) is 2. The summed E-state index contributed by atoms with van der Waals surface area (Å²) in [7, 11) is 0. The lowest BCUT2D eigenvalue weighted by molar-refractivity contribution is -0.115. The van der Waals surface area contributed by atoms with Crippen LogP contribution in [0.3, 0.4) is 0 Å². The summed E-state index contributed by atoms with van der Waals surface area (Å²) in [4.78, 5) is 12.3. The summed E-state index contributed by atoms with van der Waals surface area (Å²) in [6.07, 6.45) is 0.136. The first-order valence-electron chi connectivity index (χ1n) is 7.77. The van der Waals surface area contributed by atoms with Gasteiger partial charge >= 0.3 is 0 Å². The monoisotopic (exact) mass is 473 g/mol. The van der Waals surface area contributed by atoms with Gasteiger partial charge in [-0.1, -0.05) is 15.9 Å². The fourth-order valence-corrected chi connectivity index (χ4v) is 3.12. The Hall–Kier alpha value is -1.60. The van der Waals surface area contributed by atoms with Crippen LogP contribution in [0.25, 0.3) is 0 Å². The molecule has 0 saturated carbocycles. The Labute approximate surface area is 163 Å². The Bertz CT molecular complexity index is 768. The zero-order valence-corrected chi connectivity index (χ0v) is 17.0. The summed E-state index contributed by atoms with van der Waals surface area (Å²) < 4.78 is 25.5. The number of benzene rings is 2. The lowest BCUT2D eigenvalue weighted by Gasteiger charge is -2.14. The third-order valence-electron chi connectivity index (χ3n) is 3.27. The van der Waals surface area contributed by atoms with Crippen molar-refractivity contribution < 1.29 is 18.7 Å². The minimum atomic E-state index is -0.375. The third kappa shape index (κ3) is 5.44. The van der Waals surface area contributed by atoms with Crippen LogP contribution in [0.15, 0.2) is 39.3 Å². The number of hydrogen-bond donors (Lipinski definition) is 1. The highest BCUT2D eigenvalue weighted by atomic mass is 79.9. The van der Waals surface area contributed by atoms with Gasteiger partial charge in [0.15, 0.2) is 11.5 Å². The van der Waals surface area contributed by atoms with E-state index in [-0.39, 0.29) is 18.1 Å². The van der Waals surface area contributed by atoms with Crippen LogP contribution in [-0.2, 0) is 11.2 Å². The van der Waals surface area contributed by atoms with Gasteiger partial charge in [-0.15, -0.1) is 0 Å². The second-order valence-electron chi connectivity index (χ2n) is 5.11. The van der Waals surface area contributed by atoms with Gasteiger partial charge < -0.3 is 14.8 Å². The van der Waals surface area contributed by atoms with Crippen molar-refractivity contribution in [1.29, 1.82) is 0 Å². The molecule has 0 spiro atoms. The molecule has 134 valence electrons. The molecule has 0 aliphatic heterocycles. The van der Waals surface area contributed by atoms with E-state index in [1.54, 1.807) is 12.1 Å². The van der Waals surface area contributed by atoms with E-state index in [9.17, 15) is 9.18 Å². The molecule has 2 aromatic carbocycles. The van der Waals surface area contributed by atoms with Crippen LogP contribution in [-0.4, -0.2) is 19.1 Å². The van der Waals surface area contributed by atoms with Crippen LogP contribution in [0.5, 0.6) is 11.5 Å². The Kier molecular flexibility index (Phi) is 7.25. The minimum absolute atomic E-state index is 0.136. The van der Waals surface area contributed by atoms with E-state index in [4.69, 9.17) is 9.47 Å². The number of carbonyl (C=O) groups is 1. The van der Waals surface area contributed by atoms with Crippen LogP contribution < -0.4 is 14.8 Å². The van der Waals surface area contributed by atoms with Crippen LogP contribution in [0, 0.1) is 5.82 Å². The average molecular weight is 475 g/mol. The number of anilines is 1. The van der Waals surface area contributed by atoms with Gasteiger partial charge in [-0.2, -0.15) is 0 Å². The molecule has 2 rings (SSSR count). The summed E-state index contributed by atoms with van der Waals surface area (Å²) in [6.45, 7) is 4.79. The smallest absolute Gasteiger partial charge is 0.228 e. The molecule has 0 bridgehead atoms. The van der Waals surface area contributed by atoms with Crippen molar-refractivity contribution in [1.82, 2.24) is 0 Å². The fraction of sp³-hybridized carbons (Fsp3) is 0.278. The molecule has 1 amide bonds. The van der Waals surface area contributed by atoms with Crippen molar-refractivity contribution in [2.24, 2.45) is 0 Å². The quantitative estimate of drug-likeness (QED) is 0.590. The Morgan fingerprint density at radius 3 is 2.28 bits per heavy atom. The van der Waals surface area contributed by atoms with Crippen molar-refractivity contribution in [2.75, 3.05) is 18.5 Å². The Morgan fingerprint density at radius 1 is 1.04 bits per heavy atom. The molecule has 0 radical (unpaired) electrons. The highest BCUT2D eigenvalue weighted by Crippen LogP contribution is 2.34. The predicted octanol–water partition coefficient (Wildman–Crippen LogP) is 5.33. The van der Waals surface area contributed by atoms with Crippen molar-refractivity contribution in [3.05, 3.63) is 50.7 Å². The molecule has 0 atom stereocenters. The van der Waals surface area contributed by atoms with Gasteiger partial charge in [-0.05, 0) is 65.7 Å². The second-order valence-corrected chi connectivity index (χ2v) is 6.81. The standard InChI is InChI=1S/C18H18Br2FNO3/c1-3-24-16-7-11(13(19)10-17(16)25-4-2)8-18(23)22-15-6-5-12(21)9-14(15)20/h5-7,9-10H,3-4,8H2,1-2H3,(H,22,23). The first-order chi connectivity index (χ1) is 11.9. The van der Waals surface area contributed by atoms with Crippen molar-refractivity contribution in [3.8, 4) is 11.5 Å². The molecule has 25 heavy (non-hydrogen) atoms. The first-order valence-corrected chi connectivity index (χ1v) is 9.36. The van der Waals surface area contributed by atoms with E-state index >= 15 is 0 Å². The molecule has 0 unspecified atom stereocenters. The van der Waals surface area contributed by atoms with E-state index in [1.807, 2.05) is 13.8 Å². The first kappa shape index (κ1) is 19.7. The zero-order valence-electron chi connectivity index (χ0n) is 13.9. The minimum Gasteiger partial charge on any atom is -0.490 e. The van der Waals surface area contributed by atoms with Gasteiger partial charge in [-0.25, -0.2) is 4.39 Å². The summed E-state index contributed by atoms with van der Waals surface area (Å²) >= 11 is 6.70. The Morgan fingerprint density at radius 2 is 1.68 bits per heavy atom. The van der Waals surface area contributed by atoms with Crippen molar-refractivity contribution in [2.45, 2.75) is 20.3 Å². The molecular formula is C18H18Br2FNO3. The van der Waals surface area contributed by atoms with Crippen LogP contribution in [0.2, 0.25) is 0 Å². The maximum Gasteiger partial charge on any atom is 0.228 e. The summed E-state index contributed by atoms with van der Waals surface area (Å²) in [5.74, 6) is 0.625. The molecular weight excluding hydrogens is 457 g/mol.